The lowest BCUT2D eigenvalue weighted by Crippen LogP contribution is -2.27. The summed E-state index contributed by atoms with van der Waals surface area (Å²) >= 11 is 13.5. The van der Waals surface area contributed by atoms with Gasteiger partial charge in [-0.1, -0.05) is 41.4 Å². The summed E-state index contributed by atoms with van der Waals surface area (Å²) in [6, 6.07) is 13.2. The van der Waals surface area contributed by atoms with Crippen LogP contribution in [0.15, 0.2) is 42.5 Å². The molecule has 0 aliphatic heterocycles. The predicted molar refractivity (Wildman–Crippen MR) is 96.3 cm³/mol. The van der Waals surface area contributed by atoms with Gasteiger partial charge in [-0.05, 0) is 29.8 Å². The van der Waals surface area contributed by atoms with E-state index in [0.29, 0.717) is 16.6 Å². The zero-order chi connectivity index (χ0) is 16.4. The number of carbonyl (C=O) groups excluding carboxylic acids is 1. The number of amides is 1. The smallest absolute Gasteiger partial charge is 0.227 e. The normalized spacial score (nSPS) is 10.9. The molecule has 118 valence electrons. The van der Waals surface area contributed by atoms with Crippen LogP contribution in [0.4, 0.5) is 0 Å². The van der Waals surface area contributed by atoms with Crippen LogP contribution in [0.3, 0.4) is 0 Å². The van der Waals surface area contributed by atoms with E-state index in [4.69, 9.17) is 23.2 Å². The average Bonchev–Trinajstić information content (AvgIpc) is 2.93. The molecule has 3 nitrogen and oxygen atoms in total. The van der Waals surface area contributed by atoms with E-state index >= 15 is 0 Å². The van der Waals surface area contributed by atoms with Crippen molar-refractivity contribution in [2.24, 2.45) is 0 Å². The van der Waals surface area contributed by atoms with Crippen LogP contribution in [0.5, 0.6) is 0 Å². The minimum atomic E-state index is 0.0163. The second kappa shape index (κ2) is 6.87. The Morgan fingerprint density at radius 2 is 1.96 bits per heavy atom. The second-order valence-corrected chi connectivity index (χ2v) is 7.18. The summed E-state index contributed by atoms with van der Waals surface area (Å²) in [6.07, 6.45) is 0.290. The SMILES string of the molecule is CN(Cc1nc2ccccc2s1)C(=O)Cc1ccc(Cl)c(Cl)c1. The van der Waals surface area contributed by atoms with Gasteiger partial charge in [0.1, 0.15) is 5.01 Å². The van der Waals surface area contributed by atoms with Crippen molar-refractivity contribution in [1.82, 2.24) is 9.88 Å². The van der Waals surface area contributed by atoms with Gasteiger partial charge in [-0.3, -0.25) is 4.79 Å². The van der Waals surface area contributed by atoms with Crippen molar-refractivity contribution in [3.63, 3.8) is 0 Å². The number of rotatable bonds is 4. The highest BCUT2D eigenvalue weighted by atomic mass is 35.5. The fourth-order valence-electron chi connectivity index (χ4n) is 2.24. The van der Waals surface area contributed by atoms with Crippen LogP contribution in [-0.2, 0) is 17.8 Å². The molecule has 2 aromatic carbocycles. The van der Waals surface area contributed by atoms with E-state index in [1.807, 2.05) is 30.3 Å². The van der Waals surface area contributed by atoms with E-state index < -0.39 is 0 Å². The highest BCUT2D eigenvalue weighted by Gasteiger charge is 2.13. The van der Waals surface area contributed by atoms with E-state index in [1.54, 1.807) is 35.4 Å². The van der Waals surface area contributed by atoms with Gasteiger partial charge >= 0.3 is 0 Å². The van der Waals surface area contributed by atoms with Crippen molar-refractivity contribution in [2.45, 2.75) is 13.0 Å². The lowest BCUT2D eigenvalue weighted by atomic mass is 10.1. The van der Waals surface area contributed by atoms with Gasteiger partial charge in [0.05, 0.1) is 33.2 Å². The van der Waals surface area contributed by atoms with E-state index in [2.05, 4.69) is 4.98 Å². The van der Waals surface area contributed by atoms with E-state index in [-0.39, 0.29) is 12.3 Å². The van der Waals surface area contributed by atoms with Crippen LogP contribution in [0.2, 0.25) is 10.0 Å². The number of thiazole rings is 1. The molecule has 0 radical (unpaired) electrons. The Balaban J connectivity index is 1.68. The van der Waals surface area contributed by atoms with Crippen LogP contribution in [-0.4, -0.2) is 22.8 Å². The molecule has 0 unspecified atom stereocenters. The molecule has 23 heavy (non-hydrogen) atoms. The van der Waals surface area contributed by atoms with Gasteiger partial charge in [0.2, 0.25) is 5.91 Å². The first-order valence-corrected chi connectivity index (χ1v) is 8.62. The summed E-state index contributed by atoms with van der Waals surface area (Å²) in [6.45, 7) is 0.500. The number of likely N-dealkylation sites (N-methyl/N-ethyl adjacent to an activating group) is 1. The number of halogens is 2. The second-order valence-electron chi connectivity index (χ2n) is 5.25. The molecule has 0 atom stereocenters. The molecule has 6 heteroatoms. The van der Waals surface area contributed by atoms with Gasteiger partial charge in [-0.2, -0.15) is 0 Å². The first-order chi connectivity index (χ1) is 11.0. The van der Waals surface area contributed by atoms with Crippen molar-refractivity contribution in [1.29, 1.82) is 0 Å². The third kappa shape index (κ3) is 3.83. The molecule has 0 aliphatic carbocycles. The number of hydrogen-bond donors (Lipinski definition) is 0. The molecule has 1 aromatic heterocycles. The van der Waals surface area contributed by atoms with Crippen LogP contribution >= 0.6 is 34.5 Å². The molecule has 0 saturated carbocycles. The quantitative estimate of drug-likeness (QED) is 0.665. The van der Waals surface area contributed by atoms with Gasteiger partial charge in [0, 0.05) is 7.05 Å². The summed E-state index contributed by atoms with van der Waals surface area (Å²) in [5.74, 6) is 0.0163. The van der Waals surface area contributed by atoms with Crippen molar-refractivity contribution >= 4 is 50.7 Å². The number of para-hydroxylation sites is 1. The molecule has 0 bridgehead atoms. The fourth-order valence-corrected chi connectivity index (χ4v) is 3.58. The first-order valence-electron chi connectivity index (χ1n) is 7.05. The van der Waals surface area contributed by atoms with Gasteiger partial charge in [0.25, 0.3) is 0 Å². The van der Waals surface area contributed by atoms with E-state index in [9.17, 15) is 4.79 Å². The number of hydrogen-bond acceptors (Lipinski definition) is 3. The molecule has 0 fully saturated rings. The molecule has 0 spiro atoms. The van der Waals surface area contributed by atoms with Gasteiger partial charge in [0.15, 0.2) is 0 Å². The van der Waals surface area contributed by atoms with Crippen LogP contribution in [0.1, 0.15) is 10.6 Å². The van der Waals surface area contributed by atoms with E-state index in [1.165, 1.54) is 0 Å². The fraction of sp³-hybridized carbons (Fsp3) is 0.176. The van der Waals surface area contributed by atoms with Crippen molar-refractivity contribution in [2.75, 3.05) is 7.05 Å². The van der Waals surface area contributed by atoms with Crippen molar-refractivity contribution in [3.05, 3.63) is 63.1 Å². The minimum Gasteiger partial charge on any atom is -0.339 e. The lowest BCUT2D eigenvalue weighted by molar-refractivity contribution is -0.129. The van der Waals surface area contributed by atoms with Crippen LogP contribution in [0, 0.1) is 0 Å². The predicted octanol–water partition coefficient (Wildman–Crippen LogP) is 4.80. The maximum absolute atomic E-state index is 12.4. The van der Waals surface area contributed by atoms with Crippen LogP contribution in [0.25, 0.3) is 10.2 Å². The largest absolute Gasteiger partial charge is 0.339 e. The summed E-state index contributed by atoms with van der Waals surface area (Å²) in [5.41, 5.74) is 1.82. The Hall–Kier alpha value is -1.62. The molecular formula is C17H14Cl2N2OS. The third-order valence-electron chi connectivity index (χ3n) is 3.48. The van der Waals surface area contributed by atoms with Crippen LogP contribution < -0.4 is 0 Å². The number of aromatic nitrogens is 1. The Morgan fingerprint density at radius 3 is 2.70 bits per heavy atom. The lowest BCUT2D eigenvalue weighted by Gasteiger charge is -2.15. The molecule has 0 aliphatic rings. The molecular weight excluding hydrogens is 351 g/mol. The minimum absolute atomic E-state index is 0.0163. The highest BCUT2D eigenvalue weighted by Crippen LogP contribution is 2.24. The summed E-state index contributed by atoms with van der Waals surface area (Å²) in [5, 5.41) is 1.88. The molecule has 3 aromatic rings. The zero-order valence-electron chi connectivity index (χ0n) is 12.4. The van der Waals surface area contributed by atoms with Gasteiger partial charge in [-0.15, -0.1) is 11.3 Å². The monoisotopic (exact) mass is 364 g/mol. The van der Waals surface area contributed by atoms with Gasteiger partial charge in [-0.25, -0.2) is 4.98 Å². The van der Waals surface area contributed by atoms with Crippen molar-refractivity contribution in [3.8, 4) is 0 Å². The zero-order valence-corrected chi connectivity index (χ0v) is 14.8. The van der Waals surface area contributed by atoms with E-state index in [0.717, 1.165) is 20.8 Å². The molecule has 0 N–H and O–H groups in total. The highest BCUT2D eigenvalue weighted by molar-refractivity contribution is 7.18. The Morgan fingerprint density at radius 1 is 1.17 bits per heavy atom. The molecule has 0 saturated heterocycles. The number of nitrogens with zero attached hydrogens (tertiary/aromatic N) is 2. The molecule has 1 amide bonds. The molecule has 1 heterocycles. The summed E-state index contributed by atoms with van der Waals surface area (Å²) < 4.78 is 1.13. The van der Waals surface area contributed by atoms with Gasteiger partial charge < -0.3 is 4.90 Å². The standard InChI is InChI=1S/C17H14Cl2N2OS/c1-21(10-16-20-14-4-2-3-5-15(14)23-16)17(22)9-11-6-7-12(18)13(19)8-11/h2-8H,9-10H2,1H3. The Labute approximate surface area is 148 Å². The summed E-state index contributed by atoms with van der Waals surface area (Å²) in [7, 11) is 1.78. The Kier molecular flexibility index (Phi) is 4.85. The topological polar surface area (TPSA) is 33.2 Å². The maximum atomic E-state index is 12.4. The number of carbonyl (C=O) groups is 1. The van der Waals surface area contributed by atoms with Crippen molar-refractivity contribution < 1.29 is 4.79 Å². The first kappa shape index (κ1) is 16.2. The third-order valence-corrected chi connectivity index (χ3v) is 5.24. The number of benzene rings is 2. The number of fused-ring (bicyclic) bond motifs is 1. The maximum Gasteiger partial charge on any atom is 0.227 e. The molecule has 3 rings (SSSR count). The summed E-state index contributed by atoms with van der Waals surface area (Å²) in [4.78, 5) is 18.6. The Bertz CT molecular complexity index is 830. The average molecular weight is 365 g/mol.